The summed E-state index contributed by atoms with van der Waals surface area (Å²) in [6, 6.07) is 1.73. The van der Waals surface area contributed by atoms with Crippen LogP contribution in [-0.2, 0) is 21.9 Å². The van der Waals surface area contributed by atoms with Crippen LogP contribution in [0.4, 0.5) is 65.3 Å². The number of nitrogens with zero attached hydrogens (tertiary/aromatic N) is 2. The van der Waals surface area contributed by atoms with Crippen LogP contribution in [0.3, 0.4) is 0 Å². The van der Waals surface area contributed by atoms with E-state index in [0.717, 1.165) is 12.1 Å². The van der Waals surface area contributed by atoms with Gasteiger partial charge in [0.05, 0.1) is 45.3 Å². The molecule has 2 aliphatic heterocycles. The molecule has 0 atom stereocenters. The van der Waals surface area contributed by atoms with Crippen LogP contribution in [0.2, 0.25) is 0 Å². The topological polar surface area (TPSA) is 254 Å². The van der Waals surface area contributed by atoms with Gasteiger partial charge in [-0.2, -0.15) is 26.3 Å². The number of piperazine rings is 2. The number of halogens is 6. The van der Waals surface area contributed by atoms with Crippen molar-refractivity contribution in [3.05, 3.63) is 35.4 Å². The molecule has 320 valence electrons. The van der Waals surface area contributed by atoms with Crippen LogP contribution in [0, 0.1) is 10.8 Å². The summed E-state index contributed by atoms with van der Waals surface area (Å²) in [7, 11) is 0. The van der Waals surface area contributed by atoms with Crippen LogP contribution >= 0.6 is 0 Å². The number of carbonyl (C=O) groups is 3. The lowest BCUT2D eigenvalue weighted by Crippen LogP contribution is -2.44. The molecule has 2 aromatic rings. The summed E-state index contributed by atoms with van der Waals surface area (Å²) in [4.78, 5) is 43.3. The highest BCUT2D eigenvalue weighted by atomic mass is 19.4. The van der Waals surface area contributed by atoms with Crippen LogP contribution in [-0.4, -0.2) is 95.2 Å². The molecule has 2 aromatic carbocycles. The third-order valence-electron chi connectivity index (χ3n) is 9.08. The Bertz CT molecular complexity index is 1650. The maximum Gasteiger partial charge on any atom is 0.416 e. The summed E-state index contributed by atoms with van der Waals surface area (Å²) >= 11 is 0. The fourth-order valence-corrected chi connectivity index (χ4v) is 6.40. The number of nitrogens with one attached hydrogen (secondary N) is 10. The van der Waals surface area contributed by atoms with Crippen molar-refractivity contribution >= 4 is 63.9 Å². The summed E-state index contributed by atoms with van der Waals surface area (Å²) < 4.78 is 86.0. The Kier molecular flexibility index (Phi) is 16.0. The highest BCUT2D eigenvalue weighted by molar-refractivity contribution is 6.08. The average Bonchev–Trinajstić information content (AvgIpc) is 3.14. The number of benzene rings is 2. The molecule has 2 heterocycles. The number of alkyl halides is 6. The first-order valence-electron chi connectivity index (χ1n) is 18.7. The molecule has 2 aliphatic rings. The number of carbonyl (C=O) groups excluding carboxylic acids is 3. The predicted octanol–water partition coefficient (Wildman–Crippen LogP) is 3.37. The molecule has 0 spiro atoms. The summed E-state index contributed by atoms with van der Waals surface area (Å²) in [6.45, 7) is 3.40. The first-order valence-corrected chi connectivity index (χ1v) is 18.7. The molecule has 0 bridgehead atoms. The van der Waals surface area contributed by atoms with E-state index in [0.29, 0.717) is 77.1 Å². The molecule has 0 aliphatic carbocycles. The SMILES string of the molecule is N=C(N)NCCCCC(=O)Nc1cc(C(F)(F)F)cc(NC(=O)Nc2cc(C(F)(F)F)cc(NC(=O)CCCCNC(=N)N)c2N2CCNCC2)c1N1CCNCC1. The molecule has 0 unspecified atom stereocenters. The molecular weight excluding hydrogens is 778 g/mol. The van der Waals surface area contributed by atoms with Gasteiger partial charge in [0, 0.05) is 78.3 Å². The number of hydrogen-bond acceptors (Lipinski definition) is 9. The Balaban J connectivity index is 1.70. The molecule has 58 heavy (non-hydrogen) atoms. The zero-order valence-corrected chi connectivity index (χ0v) is 31.7. The van der Waals surface area contributed by atoms with Crippen LogP contribution < -0.4 is 63.8 Å². The maximum absolute atomic E-state index is 14.3. The first kappa shape index (κ1) is 45.0. The Morgan fingerprint density at radius 1 is 0.586 bits per heavy atom. The standard InChI is InChI=1S/C35H50F6N14O3/c36-34(37,38)21-17-23(50-27(56)5-1-3-7-48-31(42)43)29(54-13-9-46-10-14-54)25(19-21)52-33(58)53-26-20-22(35(39,40)41)18-24(30(26)55-15-11-47-12-16-55)51-28(57)6-2-4-8-49-32(44)45/h17-20,46-47H,1-16H2,(H,50,56)(H,51,57)(H4,42,43,48)(H4,44,45,49)(H2,52,53,58). The van der Waals surface area contributed by atoms with Crippen LogP contribution in [0.1, 0.15) is 49.7 Å². The summed E-state index contributed by atoms with van der Waals surface area (Å²) in [6.07, 6.45) is -8.53. The maximum atomic E-state index is 14.3. The summed E-state index contributed by atoms with van der Waals surface area (Å²) in [5.74, 6) is -1.72. The minimum absolute atomic E-state index is 0.0640. The molecule has 2 fully saturated rings. The van der Waals surface area contributed by atoms with Crippen molar-refractivity contribution in [2.24, 2.45) is 11.5 Å². The number of rotatable bonds is 16. The molecule has 4 amide bonds. The zero-order valence-electron chi connectivity index (χ0n) is 31.7. The fraction of sp³-hybridized carbons (Fsp3) is 0.514. The monoisotopic (exact) mass is 828 g/mol. The van der Waals surface area contributed by atoms with E-state index in [-0.39, 0.29) is 85.1 Å². The number of nitrogens with two attached hydrogens (primary N) is 2. The predicted molar refractivity (Wildman–Crippen MR) is 210 cm³/mol. The average molecular weight is 829 g/mol. The quantitative estimate of drug-likeness (QED) is 0.0506. The highest BCUT2D eigenvalue weighted by Crippen LogP contribution is 2.44. The van der Waals surface area contributed by atoms with E-state index in [1.165, 1.54) is 0 Å². The molecule has 0 saturated carbocycles. The number of amides is 4. The Morgan fingerprint density at radius 3 is 1.22 bits per heavy atom. The van der Waals surface area contributed by atoms with Gasteiger partial charge in [-0.1, -0.05) is 0 Å². The summed E-state index contributed by atoms with van der Waals surface area (Å²) in [5.41, 5.74) is 7.06. The van der Waals surface area contributed by atoms with Gasteiger partial charge in [-0.25, -0.2) is 4.79 Å². The van der Waals surface area contributed by atoms with Gasteiger partial charge in [0.1, 0.15) is 0 Å². The van der Waals surface area contributed by atoms with Gasteiger partial charge >= 0.3 is 18.4 Å². The second-order valence-corrected chi connectivity index (χ2v) is 13.6. The largest absolute Gasteiger partial charge is 0.416 e. The van der Waals surface area contributed by atoms with E-state index in [1.807, 2.05) is 0 Å². The van der Waals surface area contributed by atoms with Crippen molar-refractivity contribution in [2.75, 3.05) is 96.5 Å². The molecule has 2 saturated heterocycles. The number of anilines is 6. The van der Waals surface area contributed by atoms with Crippen LogP contribution in [0.5, 0.6) is 0 Å². The fourth-order valence-electron chi connectivity index (χ4n) is 6.40. The molecule has 4 rings (SSSR count). The lowest BCUT2D eigenvalue weighted by Gasteiger charge is -2.34. The Labute approximate surface area is 330 Å². The normalized spacial score (nSPS) is 14.7. The highest BCUT2D eigenvalue weighted by Gasteiger charge is 2.36. The van der Waals surface area contributed by atoms with E-state index < -0.39 is 41.3 Å². The van der Waals surface area contributed by atoms with Gasteiger partial charge in [0.15, 0.2) is 11.9 Å². The molecule has 0 aromatic heterocycles. The van der Waals surface area contributed by atoms with Gasteiger partial charge in [-0.15, -0.1) is 0 Å². The lowest BCUT2D eigenvalue weighted by molar-refractivity contribution is -0.138. The Hall–Kier alpha value is -5.71. The van der Waals surface area contributed by atoms with Crippen molar-refractivity contribution < 1.29 is 40.7 Å². The Morgan fingerprint density at radius 2 is 0.914 bits per heavy atom. The number of guanidine groups is 2. The van der Waals surface area contributed by atoms with Gasteiger partial charge < -0.3 is 63.8 Å². The van der Waals surface area contributed by atoms with E-state index >= 15 is 0 Å². The minimum atomic E-state index is -4.93. The smallest absolute Gasteiger partial charge is 0.370 e. The molecule has 23 heteroatoms. The second kappa shape index (κ2) is 20.6. The van der Waals surface area contributed by atoms with Gasteiger partial charge in [-0.05, 0) is 49.9 Å². The van der Waals surface area contributed by atoms with Crippen LogP contribution in [0.15, 0.2) is 24.3 Å². The first-order chi connectivity index (χ1) is 27.4. The number of unbranched alkanes of at least 4 members (excludes halogenated alkanes) is 2. The van der Waals surface area contributed by atoms with E-state index in [9.17, 15) is 40.7 Å². The van der Waals surface area contributed by atoms with Crippen LogP contribution in [0.25, 0.3) is 0 Å². The number of hydrogen-bond donors (Lipinski definition) is 12. The van der Waals surface area contributed by atoms with Gasteiger partial charge in [-0.3, -0.25) is 20.4 Å². The molecule has 0 radical (unpaired) electrons. The van der Waals surface area contributed by atoms with Gasteiger partial charge in [0.2, 0.25) is 11.8 Å². The van der Waals surface area contributed by atoms with E-state index in [1.54, 1.807) is 9.80 Å². The molecular formula is C35H50F6N14O3. The van der Waals surface area contributed by atoms with E-state index in [2.05, 4.69) is 42.5 Å². The van der Waals surface area contributed by atoms with Gasteiger partial charge in [0.25, 0.3) is 0 Å². The minimum Gasteiger partial charge on any atom is -0.370 e. The second-order valence-electron chi connectivity index (χ2n) is 13.6. The van der Waals surface area contributed by atoms with Crippen molar-refractivity contribution in [1.29, 1.82) is 10.8 Å². The summed E-state index contributed by atoms with van der Waals surface area (Å²) in [5, 5.41) is 35.9. The van der Waals surface area contributed by atoms with Crippen molar-refractivity contribution in [3.63, 3.8) is 0 Å². The van der Waals surface area contributed by atoms with Crippen molar-refractivity contribution in [1.82, 2.24) is 21.3 Å². The lowest BCUT2D eigenvalue weighted by atomic mass is 10.1. The number of urea groups is 1. The third-order valence-corrected chi connectivity index (χ3v) is 9.08. The van der Waals surface area contributed by atoms with E-state index in [4.69, 9.17) is 22.3 Å². The third kappa shape index (κ3) is 13.7. The molecule has 17 nitrogen and oxygen atoms in total. The van der Waals surface area contributed by atoms with Crippen molar-refractivity contribution in [3.8, 4) is 0 Å². The molecule has 14 N–H and O–H groups in total. The van der Waals surface area contributed by atoms with Crippen molar-refractivity contribution in [2.45, 2.75) is 50.9 Å². The zero-order chi connectivity index (χ0) is 42.5.